The van der Waals surface area contributed by atoms with Gasteiger partial charge in [0, 0.05) is 25.5 Å². The molecular weight excluding hydrogens is 220 g/mol. The lowest BCUT2D eigenvalue weighted by Gasteiger charge is -2.06. The molecule has 0 bridgehead atoms. The Morgan fingerprint density at radius 2 is 2.00 bits per heavy atom. The zero-order chi connectivity index (χ0) is 12.4. The van der Waals surface area contributed by atoms with Gasteiger partial charge in [0.15, 0.2) is 0 Å². The zero-order valence-electron chi connectivity index (χ0n) is 10.9. The summed E-state index contributed by atoms with van der Waals surface area (Å²) in [7, 11) is 1.98. The molecule has 0 fully saturated rings. The van der Waals surface area contributed by atoms with Gasteiger partial charge in [-0.3, -0.25) is 0 Å². The number of rotatable bonds is 4. The molecule has 2 heteroatoms. The van der Waals surface area contributed by atoms with Gasteiger partial charge >= 0.3 is 0 Å². The number of hydrogen-bond acceptors (Lipinski definition) is 1. The summed E-state index contributed by atoms with van der Waals surface area (Å²) >= 11 is 0. The fourth-order valence-electron chi connectivity index (χ4n) is 2.83. The molecule has 0 unspecified atom stereocenters. The van der Waals surface area contributed by atoms with Crippen LogP contribution >= 0.6 is 0 Å². The van der Waals surface area contributed by atoms with Gasteiger partial charge in [-0.15, -0.1) is 0 Å². The second-order valence-corrected chi connectivity index (χ2v) is 5.18. The van der Waals surface area contributed by atoms with E-state index in [-0.39, 0.29) is 0 Å². The van der Waals surface area contributed by atoms with E-state index in [0.29, 0.717) is 0 Å². The van der Waals surface area contributed by atoms with Crippen LogP contribution in [0, 0.1) is 0 Å². The molecule has 0 amide bonds. The Balaban J connectivity index is 1.75. The molecule has 0 spiro atoms. The maximum absolute atomic E-state index is 3.18. The zero-order valence-corrected chi connectivity index (χ0v) is 10.9. The second-order valence-electron chi connectivity index (χ2n) is 5.18. The second kappa shape index (κ2) is 4.99. The Bertz CT molecular complexity index is 540. The predicted molar refractivity (Wildman–Crippen MR) is 74.8 cm³/mol. The van der Waals surface area contributed by atoms with E-state index in [1.54, 1.807) is 11.1 Å². The molecule has 1 aromatic heterocycles. The topological polar surface area (TPSA) is 17.0 Å². The lowest BCUT2D eigenvalue weighted by Crippen LogP contribution is -2.04. The van der Waals surface area contributed by atoms with E-state index in [4.69, 9.17) is 0 Å². The SMILES string of the molecule is CNCc1ccn(Cc2ccc3c(c2)CCC3)c1. The molecule has 2 nitrogen and oxygen atoms in total. The first-order valence-corrected chi connectivity index (χ1v) is 6.75. The van der Waals surface area contributed by atoms with Crippen LogP contribution in [0.4, 0.5) is 0 Å². The molecule has 0 saturated heterocycles. The molecule has 3 rings (SSSR count). The summed E-state index contributed by atoms with van der Waals surface area (Å²) in [4.78, 5) is 0. The van der Waals surface area contributed by atoms with Crippen LogP contribution < -0.4 is 5.32 Å². The van der Waals surface area contributed by atoms with Crippen molar-refractivity contribution >= 4 is 0 Å². The van der Waals surface area contributed by atoms with Crippen molar-refractivity contribution in [2.24, 2.45) is 0 Å². The molecular formula is C16H20N2. The maximum atomic E-state index is 3.18. The Labute approximate surface area is 109 Å². The standard InChI is InChI=1S/C16H20N2/c1-17-10-14-7-8-18(12-14)11-13-5-6-15-3-2-4-16(15)9-13/h5-9,12,17H,2-4,10-11H2,1H3. The minimum atomic E-state index is 0.942. The van der Waals surface area contributed by atoms with Crippen molar-refractivity contribution in [2.45, 2.75) is 32.4 Å². The Morgan fingerprint density at radius 1 is 1.11 bits per heavy atom. The number of benzene rings is 1. The van der Waals surface area contributed by atoms with Gasteiger partial charge in [-0.05, 0) is 54.6 Å². The van der Waals surface area contributed by atoms with E-state index in [9.17, 15) is 0 Å². The predicted octanol–water partition coefficient (Wildman–Crippen LogP) is 2.74. The van der Waals surface area contributed by atoms with Crippen molar-refractivity contribution in [2.75, 3.05) is 7.05 Å². The highest BCUT2D eigenvalue weighted by Crippen LogP contribution is 2.23. The number of nitrogens with one attached hydrogen (secondary N) is 1. The highest BCUT2D eigenvalue weighted by atomic mass is 14.9. The normalized spacial score (nSPS) is 13.8. The fraction of sp³-hybridized carbons (Fsp3) is 0.375. The summed E-state index contributed by atoms with van der Waals surface area (Å²) < 4.78 is 2.27. The summed E-state index contributed by atoms with van der Waals surface area (Å²) in [6.45, 7) is 1.92. The first-order chi connectivity index (χ1) is 8.85. The molecule has 0 radical (unpaired) electrons. The minimum absolute atomic E-state index is 0.942. The molecule has 1 aliphatic carbocycles. The number of hydrogen-bond donors (Lipinski definition) is 1. The maximum Gasteiger partial charge on any atom is 0.0470 e. The van der Waals surface area contributed by atoms with Gasteiger partial charge in [-0.2, -0.15) is 0 Å². The Morgan fingerprint density at radius 3 is 2.89 bits per heavy atom. The quantitative estimate of drug-likeness (QED) is 0.869. The number of aromatic nitrogens is 1. The van der Waals surface area contributed by atoms with Crippen LogP contribution in [0.2, 0.25) is 0 Å². The van der Waals surface area contributed by atoms with E-state index in [1.165, 1.54) is 30.4 Å². The van der Waals surface area contributed by atoms with Crippen LogP contribution in [0.1, 0.15) is 28.7 Å². The Kier molecular flexibility index (Phi) is 3.20. The third-order valence-electron chi connectivity index (χ3n) is 3.72. The van der Waals surface area contributed by atoms with Crippen molar-refractivity contribution in [3.63, 3.8) is 0 Å². The summed E-state index contributed by atoms with van der Waals surface area (Å²) in [5.41, 5.74) is 5.89. The number of nitrogens with zero attached hydrogens (tertiary/aromatic N) is 1. The van der Waals surface area contributed by atoms with E-state index in [0.717, 1.165) is 13.1 Å². The summed E-state index contributed by atoms with van der Waals surface area (Å²) in [5, 5.41) is 3.18. The minimum Gasteiger partial charge on any atom is -0.350 e. The van der Waals surface area contributed by atoms with Gasteiger partial charge in [0.05, 0.1) is 0 Å². The van der Waals surface area contributed by atoms with Crippen LogP contribution in [0.15, 0.2) is 36.7 Å². The lowest BCUT2D eigenvalue weighted by molar-refractivity contribution is 0.782. The van der Waals surface area contributed by atoms with Gasteiger partial charge in [0.2, 0.25) is 0 Å². The summed E-state index contributed by atoms with van der Waals surface area (Å²) in [6.07, 6.45) is 8.25. The largest absolute Gasteiger partial charge is 0.350 e. The van der Waals surface area contributed by atoms with Crippen molar-refractivity contribution in [3.8, 4) is 0 Å². The van der Waals surface area contributed by atoms with Crippen molar-refractivity contribution in [1.82, 2.24) is 9.88 Å². The molecule has 1 aliphatic rings. The number of fused-ring (bicyclic) bond motifs is 1. The average Bonchev–Trinajstić information content (AvgIpc) is 2.98. The van der Waals surface area contributed by atoms with Crippen molar-refractivity contribution in [3.05, 3.63) is 58.9 Å². The average molecular weight is 240 g/mol. The number of aryl methyl sites for hydroxylation is 2. The van der Waals surface area contributed by atoms with Crippen LogP contribution in [0.3, 0.4) is 0 Å². The highest BCUT2D eigenvalue weighted by molar-refractivity contribution is 5.35. The first kappa shape index (κ1) is 11.5. The van der Waals surface area contributed by atoms with E-state index in [1.807, 2.05) is 7.05 Å². The van der Waals surface area contributed by atoms with E-state index < -0.39 is 0 Å². The molecule has 1 N–H and O–H groups in total. The Hall–Kier alpha value is -1.54. The molecule has 0 saturated carbocycles. The van der Waals surface area contributed by atoms with Gasteiger partial charge < -0.3 is 9.88 Å². The third-order valence-corrected chi connectivity index (χ3v) is 3.72. The third kappa shape index (κ3) is 2.34. The van der Waals surface area contributed by atoms with Crippen molar-refractivity contribution < 1.29 is 0 Å². The molecule has 0 aliphatic heterocycles. The van der Waals surface area contributed by atoms with Crippen LogP contribution in [-0.2, 0) is 25.9 Å². The molecule has 1 heterocycles. The van der Waals surface area contributed by atoms with Crippen LogP contribution in [0.5, 0.6) is 0 Å². The van der Waals surface area contributed by atoms with Gasteiger partial charge in [0.1, 0.15) is 0 Å². The van der Waals surface area contributed by atoms with Crippen molar-refractivity contribution in [1.29, 1.82) is 0 Å². The molecule has 94 valence electrons. The smallest absolute Gasteiger partial charge is 0.0470 e. The van der Waals surface area contributed by atoms with Gasteiger partial charge in [-0.25, -0.2) is 0 Å². The van der Waals surface area contributed by atoms with E-state index in [2.05, 4.69) is 46.5 Å². The van der Waals surface area contributed by atoms with Gasteiger partial charge in [0.25, 0.3) is 0 Å². The molecule has 0 atom stereocenters. The molecule has 2 aromatic rings. The summed E-state index contributed by atoms with van der Waals surface area (Å²) in [6, 6.07) is 9.17. The van der Waals surface area contributed by atoms with Crippen LogP contribution in [0.25, 0.3) is 0 Å². The van der Waals surface area contributed by atoms with Gasteiger partial charge in [-0.1, -0.05) is 18.2 Å². The highest BCUT2D eigenvalue weighted by Gasteiger charge is 2.10. The first-order valence-electron chi connectivity index (χ1n) is 6.75. The molecule has 18 heavy (non-hydrogen) atoms. The molecule has 1 aromatic carbocycles. The van der Waals surface area contributed by atoms with E-state index >= 15 is 0 Å². The lowest BCUT2D eigenvalue weighted by atomic mass is 10.1. The summed E-state index contributed by atoms with van der Waals surface area (Å²) in [5.74, 6) is 0. The van der Waals surface area contributed by atoms with Crippen LogP contribution in [-0.4, -0.2) is 11.6 Å². The monoisotopic (exact) mass is 240 g/mol. The fourth-order valence-corrected chi connectivity index (χ4v) is 2.83.